The Morgan fingerprint density at radius 1 is 1.59 bits per heavy atom. The van der Waals surface area contributed by atoms with Crippen molar-refractivity contribution in [3.05, 3.63) is 16.1 Å². The van der Waals surface area contributed by atoms with Gasteiger partial charge in [-0.15, -0.1) is 36.2 Å². The molecule has 0 spiro atoms. The van der Waals surface area contributed by atoms with Crippen LogP contribution >= 0.6 is 36.2 Å². The molecule has 100 valence electrons. The van der Waals surface area contributed by atoms with Crippen molar-refractivity contribution in [1.29, 1.82) is 0 Å². The van der Waals surface area contributed by atoms with Crippen LogP contribution in [0.4, 0.5) is 0 Å². The van der Waals surface area contributed by atoms with E-state index in [4.69, 9.17) is 5.73 Å². The summed E-state index contributed by atoms with van der Waals surface area (Å²) in [4.78, 5) is 16.9. The van der Waals surface area contributed by atoms with Gasteiger partial charge in [-0.05, 0) is 20.3 Å². The van der Waals surface area contributed by atoms with E-state index < -0.39 is 6.04 Å². The molecule has 0 fully saturated rings. The molecule has 0 aliphatic rings. The van der Waals surface area contributed by atoms with Gasteiger partial charge in [0, 0.05) is 11.1 Å². The highest BCUT2D eigenvalue weighted by Crippen LogP contribution is 2.18. The zero-order valence-corrected chi connectivity index (χ0v) is 12.5. The zero-order valence-electron chi connectivity index (χ0n) is 10.1. The van der Waals surface area contributed by atoms with Crippen molar-refractivity contribution in [2.75, 3.05) is 0 Å². The fraction of sp³-hybridized carbons (Fsp3) is 0.600. The fourth-order valence-electron chi connectivity index (χ4n) is 1.14. The van der Waals surface area contributed by atoms with Gasteiger partial charge in [0.1, 0.15) is 5.01 Å². The molecule has 1 aromatic rings. The van der Waals surface area contributed by atoms with Crippen LogP contribution in [0.25, 0.3) is 0 Å². The Balaban J connectivity index is 0. The van der Waals surface area contributed by atoms with Gasteiger partial charge in [0.15, 0.2) is 0 Å². The molecule has 17 heavy (non-hydrogen) atoms. The first-order chi connectivity index (χ1) is 7.04. The molecule has 0 aromatic carbocycles. The lowest BCUT2D eigenvalue weighted by molar-refractivity contribution is -0.123. The van der Waals surface area contributed by atoms with Crippen LogP contribution in [-0.4, -0.2) is 16.9 Å². The van der Waals surface area contributed by atoms with Crippen LogP contribution in [0.1, 0.15) is 36.2 Å². The quantitative estimate of drug-likeness (QED) is 0.896. The highest BCUT2D eigenvalue weighted by molar-refractivity contribution is 7.11. The minimum Gasteiger partial charge on any atom is -0.346 e. The van der Waals surface area contributed by atoms with Crippen LogP contribution in [0.2, 0.25) is 0 Å². The Bertz CT molecular complexity index is 346. The van der Waals surface area contributed by atoms with E-state index in [-0.39, 0.29) is 36.8 Å². The van der Waals surface area contributed by atoms with E-state index in [9.17, 15) is 4.79 Å². The molecule has 0 aliphatic carbocycles. The van der Waals surface area contributed by atoms with E-state index >= 15 is 0 Å². The first-order valence-electron chi connectivity index (χ1n) is 5.02. The normalized spacial score (nSPS) is 12.9. The Labute approximate surface area is 118 Å². The molecular weight excluding hydrogens is 281 g/mol. The molecule has 1 unspecified atom stereocenters. The van der Waals surface area contributed by atoms with E-state index in [1.165, 1.54) is 0 Å². The summed E-state index contributed by atoms with van der Waals surface area (Å²) in [5.41, 5.74) is 5.62. The monoisotopic (exact) mass is 299 g/mol. The van der Waals surface area contributed by atoms with Crippen molar-refractivity contribution in [2.45, 2.75) is 39.3 Å². The minimum absolute atomic E-state index is 0. The van der Waals surface area contributed by atoms with Crippen molar-refractivity contribution in [3.8, 4) is 0 Å². The van der Waals surface area contributed by atoms with Crippen LogP contribution in [-0.2, 0) is 4.79 Å². The molecule has 0 saturated heterocycles. The average Bonchev–Trinajstić information content (AvgIpc) is 2.63. The first kappa shape index (κ1) is 19.0. The van der Waals surface area contributed by atoms with Crippen molar-refractivity contribution in [2.24, 2.45) is 5.73 Å². The van der Waals surface area contributed by atoms with Crippen LogP contribution < -0.4 is 11.1 Å². The summed E-state index contributed by atoms with van der Waals surface area (Å²) in [7, 11) is 0. The largest absolute Gasteiger partial charge is 0.346 e. The van der Waals surface area contributed by atoms with Crippen LogP contribution in [0.5, 0.6) is 0 Å². The van der Waals surface area contributed by atoms with E-state index in [2.05, 4.69) is 10.3 Å². The summed E-state index contributed by atoms with van der Waals surface area (Å²) in [6.07, 6.45) is 2.46. The summed E-state index contributed by atoms with van der Waals surface area (Å²) in [5, 5.41) is 3.76. The Morgan fingerprint density at radius 3 is 2.59 bits per heavy atom. The number of amides is 1. The molecule has 0 saturated carbocycles. The molecule has 0 bridgehead atoms. The SMILES string of the molecule is CC[C@H](N)C(=O)NC(C)c1ncc(C)s1.Cl.Cl. The summed E-state index contributed by atoms with van der Waals surface area (Å²) < 4.78 is 0. The van der Waals surface area contributed by atoms with Gasteiger partial charge in [0.05, 0.1) is 12.1 Å². The zero-order chi connectivity index (χ0) is 11.4. The second-order valence-corrected chi connectivity index (χ2v) is 4.82. The summed E-state index contributed by atoms with van der Waals surface area (Å²) >= 11 is 1.59. The van der Waals surface area contributed by atoms with Crippen molar-refractivity contribution in [1.82, 2.24) is 10.3 Å². The van der Waals surface area contributed by atoms with Crippen LogP contribution in [0.15, 0.2) is 6.20 Å². The van der Waals surface area contributed by atoms with Gasteiger partial charge >= 0.3 is 0 Å². The van der Waals surface area contributed by atoms with E-state index in [0.717, 1.165) is 9.88 Å². The summed E-state index contributed by atoms with van der Waals surface area (Å²) in [6.45, 7) is 5.80. The molecule has 1 aromatic heterocycles. The van der Waals surface area contributed by atoms with E-state index in [0.29, 0.717) is 6.42 Å². The number of halogens is 2. The highest BCUT2D eigenvalue weighted by Gasteiger charge is 2.16. The molecule has 1 rings (SSSR count). The number of nitrogens with one attached hydrogen (secondary N) is 1. The van der Waals surface area contributed by atoms with E-state index in [1.54, 1.807) is 11.3 Å². The summed E-state index contributed by atoms with van der Waals surface area (Å²) in [6, 6.07) is -0.484. The average molecular weight is 300 g/mol. The minimum atomic E-state index is -0.423. The van der Waals surface area contributed by atoms with E-state index in [1.807, 2.05) is 27.0 Å². The van der Waals surface area contributed by atoms with Gasteiger partial charge in [-0.3, -0.25) is 4.79 Å². The molecule has 0 radical (unpaired) electrons. The molecule has 1 amide bonds. The molecule has 4 nitrogen and oxygen atoms in total. The third-order valence-electron chi connectivity index (χ3n) is 2.14. The topological polar surface area (TPSA) is 68.0 Å². The predicted octanol–water partition coefficient (Wildman–Crippen LogP) is 2.21. The number of hydrogen-bond donors (Lipinski definition) is 2. The van der Waals surface area contributed by atoms with Gasteiger partial charge in [-0.2, -0.15) is 0 Å². The van der Waals surface area contributed by atoms with Gasteiger partial charge < -0.3 is 11.1 Å². The maximum absolute atomic E-state index is 11.5. The Morgan fingerprint density at radius 2 is 2.18 bits per heavy atom. The number of rotatable bonds is 4. The van der Waals surface area contributed by atoms with Crippen molar-refractivity contribution >= 4 is 42.1 Å². The summed E-state index contributed by atoms with van der Waals surface area (Å²) in [5.74, 6) is -0.113. The first-order valence-corrected chi connectivity index (χ1v) is 5.84. The predicted molar refractivity (Wildman–Crippen MR) is 76.2 cm³/mol. The maximum Gasteiger partial charge on any atom is 0.237 e. The molecule has 3 N–H and O–H groups in total. The standard InChI is InChI=1S/C10H17N3OS.2ClH/c1-4-8(11)9(14)13-7(3)10-12-5-6(2)15-10;;/h5,7-8H,4,11H2,1-3H3,(H,13,14);2*1H/t7?,8-;;/m0../s1. The number of carbonyl (C=O) groups excluding carboxylic acids is 1. The van der Waals surface area contributed by atoms with Crippen molar-refractivity contribution in [3.63, 3.8) is 0 Å². The van der Waals surface area contributed by atoms with Crippen LogP contribution in [0.3, 0.4) is 0 Å². The molecular formula is C10H19Cl2N3OS. The number of carbonyl (C=O) groups is 1. The number of nitrogens with two attached hydrogens (primary N) is 1. The molecule has 2 atom stereocenters. The van der Waals surface area contributed by atoms with Crippen LogP contribution in [0, 0.1) is 6.92 Å². The molecule has 7 heteroatoms. The third kappa shape index (κ3) is 5.68. The Kier molecular flexibility index (Phi) is 9.71. The smallest absolute Gasteiger partial charge is 0.237 e. The van der Waals surface area contributed by atoms with Gasteiger partial charge in [-0.1, -0.05) is 6.92 Å². The number of nitrogens with zero attached hydrogens (tertiary/aromatic N) is 1. The van der Waals surface area contributed by atoms with Crippen molar-refractivity contribution < 1.29 is 4.79 Å². The lowest BCUT2D eigenvalue weighted by atomic mass is 10.2. The number of hydrogen-bond acceptors (Lipinski definition) is 4. The second-order valence-electron chi connectivity index (χ2n) is 3.55. The molecule has 1 heterocycles. The maximum atomic E-state index is 11.5. The Hall–Kier alpha value is -0.360. The third-order valence-corrected chi connectivity index (χ3v) is 3.24. The fourth-order valence-corrected chi connectivity index (χ4v) is 1.92. The lowest BCUT2D eigenvalue weighted by Gasteiger charge is -2.14. The number of aryl methyl sites for hydroxylation is 1. The van der Waals surface area contributed by atoms with Gasteiger partial charge in [-0.25, -0.2) is 4.98 Å². The lowest BCUT2D eigenvalue weighted by Crippen LogP contribution is -2.41. The highest BCUT2D eigenvalue weighted by atomic mass is 35.5. The van der Waals surface area contributed by atoms with Gasteiger partial charge in [0.2, 0.25) is 5.91 Å². The number of aromatic nitrogens is 1. The second kappa shape index (κ2) is 8.69. The van der Waals surface area contributed by atoms with Gasteiger partial charge in [0.25, 0.3) is 0 Å². The molecule has 0 aliphatic heterocycles. The number of thiazole rings is 1.